The molecule has 4 amide bonds. The average molecular weight is 903 g/mol. The number of hydrogen-bond acceptors (Lipinski definition) is 12. The topological polar surface area (TPSA) is 180 Å². The molecule has 0 aliphatic carbocycles. The first-order valence-electron chi connectivity index (χ1n) is 22.4. The lowest BCUT2D eigenvalue weighted by molar-refractivity contribution is -0.835. The zero-order valence-corrected chi connectivity index (χ0v) is 39.4. The number of nitrogens with zero attached hydrogens (tertiary/aromatic N) is 7. The summed E-state index contributed by atoms with van der Waals surface area (Å²) in [6.07, 6.45) is 2.29. The Morgan fingerprint density at radius 1 is 1.14 bits per heavy atom. The summed E-state index contributed by atoms with van der Waals surface area (Å²) in [5.74, 6) is -1.32. The number of methoxy groups -OCH3 is 2. The maximum atomic E-state index is 14.6. The summed E-state index contributed by atoms with van der Waals surface area (Å²) in [6.45, 7) is 13.7. The highest BCUT2D eigenvalue weighted by Crippen LogP contribution is 2.42. The number of rotatable bonds is 9. The number of carbonyl (C=O) groups excluding carboxylic acids is 4. The van der Waals surface area contributed by atoms with Crippen LogP contribution in [0.3, 0.4) is 0 Å². The summed E-state index contributed by atoms with van der Waals surface area (Å²) in [5.41, 5.74) is 8.67. The largest absolute Gasteiger partial charge is 0.453 e. The van der Waals surface area contributed by atoms with Crippen molar-refractivity contribution in [1.82, 2.24) is 35.1 Å². The van der Waals surface area contributed by atoms with Gasteiger partial charge in [-0.05, 0) is 74.4 Å². The molecular formula is C46H64N9O8S+. The van der Waals surface area contributed by atoms with E-state index in [4.69, 9.17) is 24.3 Å². The molecule has 6 heterocycles. The Morgan fingerprint density at radius 3 is 2.64 bits per heavy atom. The van der Waals surface area contributed by atoms with Crippen LogP contribution in [0.5, 0.6) is 0 Å². The third kappa shape index (κ3) is 9.64. The zero-order chi connectivity index (χ0) is 46.0. The van der Waals surface area contributed by atoms with Crippen LogP contribution >= 0.6 is 11.8 Å². The fourth-order valence-electron chi connectivity index (χ4n) is 9.59. The molecule has 0 radical (unpaired) electrons. The Bertz CT molecular complexity index is 2300. The predicted molar refractivity (Wildman–Crippen MR) is 244 cm³/mol. The number of aliphatic imine (C=N–C) groups is 1. The van der Waals surface area contributed by atoms with Gasteiger partial charge in [-0.2, -0.15) is 5.43 Å². The minimum atomic E-state index is -1.06. The Labute approximate surface area is 379 Å². The number of nitrogens with one attached hydrogen (secondary N) is 2. The highest BCUT2D eigenvalue weighted by molar-refractivity contribution is 8.14. The van der Waals surface area contributed by atoms with Crippen LogP contribution in [0, 0.1) is 22.2 Å². The molecule has 4 aliphatic rings. The predicted octanol–water partition coefficient (Wildman–Crippen LogP) is 5.81. The standard InChI is InChI=1S/C46H63N9O8S/c1-10-53-36-16-15-29-21-32(36)33(41(53)31-13-11-18-47-39(31)28(4)61-8)23-46(5,6)26-63-55(60)37-14-12-19-54(50-37)44(58)34(22-38-48-35(29)25-64-38)49-42(56)40(27(2)3)51(7)43(57)30-17-20-52(24-30)45(59)62-9/h11,13,15-16,18,21,27-28,30,34-35,37,40,50H,10,12,14,17,19-20,22-26H2,1-9H3/p+1/t28-,30-,34-,35?,37+,40-/m0/s1. The van der Waals surface area contributed by atoms with Crippen LogP contribution in [-0.4, -0.2) is 130 Å². The molecule has 2 saturated heterocycles. The van der Waals surface area contributed by atoms with Crippen molar-refractivity contribution in [2.24, 2.45) is 22.2 Å². The molecule has 64 heavy (non-hydrogen) atoms. The van der Waals surface area contributed by atoms with Crippen molar-refractivity contribution in [3.63, 3.8) is 0 Å². The minimum Gasteiger partial charge on any atom is -0.453 e. The van der Waals surface area contributed by atoms with E-state index in [1.54, 1.807) is 32.1 Å². The van der Waals surface area contributed by atoms with E-state index in [1.807, 2.05) is 26.8 Å². The van der Waals surface area contributed by atoms with Crippen LogP contribution < -0.4 is 10.7 Å². The molecule has 3 aromatic rings. The van der Waals surface area contributed by atoms with Crippen LogP contribution in [0.1, 0.15) is 96.2 Å². The number of aromatic nitrogens is 2. The highest BCUT2D eigenvalue weighted by atomic mass is 32.2. The third-order valence-electron chi connectivity index (χ3n) is 13.0. The Hall–Kier alpha value is -5.07. The van der Waals surface area contributed by atoms with E-state index in [-0.39, 0.29) is 43.5 Å². The van der Waals surface area contributed by atoms with E-state index in [0.29, 0.717) is 61.0 Å². The van der Waals surface area contributed by atoms with Gasteiger partial charge in [-0.25, -0.2) is 9.63 Å². The SMILES string of the molecule is CCn1c(-c2cccnc2[C@H](C)OC)c2c3cc(ccc31)C1CSC(=N1)C[C@H](NC(=O)[C@H](C(C)C)N(C)C(=O)[C@H]1CCN(C(=O)OC)C1)C(=O)N1CCC[C@H](N1)[N+](=O)OCC(C)(C)C2. The monoisotopic (exact) mass is 902 g/mol. The summed E-state index contributed by atoms with van der Waals surface area (Å²) in [5, 5.41) is 6.23. The van der Waals surface area contributed by atoms with E-state index in [9.17, 15) is 24.1 Å². The van der Waals surface area contributed by atoms with Gasteiger partial charge in [0.2, 0.25) is 16.7 Å². The average Bonchev–Trinajstić information content (AvgIpc) is 4.05. The summed E-state index contributed by atoms with van der Waals surface area (Å²) in [7, 11) is 4.58. The van der Waals surface area contributed by atoms with Gasteiger partial charge in [0.05, 0.1) is 46.5 Å². The molecule has 7 rings (SSSR count). The molecule has 1 unspecified atom stereocenters. The first kappa shape index (κ1) is 46.9. The molecule has 0 saturated carbocycles. The van der Waals surface area contributed by atoms with Gasteiger partial charge in [0, 0.05) is 87.0 Å². The second-order valence-electron chi connectivity index (χ2n) is 18.5. The van der Waals surface area contributed by atoms with Crippen molar-refractivity contribution in [3.8, 4) is 11.3 Å². The second kappa shape index (κ2) is 19.6. The summed E-state index contributed by atoms with van der Waals surface area (Å²) in [6, 6.07) is 8.38. The summed E-state index contributed by atoms with van der Waals surface area (Å²) < 4.78 is 13.0. The summed E-state index contributed by atoms with van der Waals surface area (Å²) in [4.78, 5) is 88.3. The molecule has 2 fully saturated rings. The van der Waals surface area contributed by atoms with Gasteiger partial charge in [0.25, 0.3) is 5.91 Å². The minimum absolute atomic E-state index is 0.102. The first-order valence-corrected chi connectivity index (χ1v) is 23.4. The van der Waals surface area contributed by atoms with Crippen LogP contribution in [0.2, 0.25) is 0 Å². The van der Waals surface area contributed by atoms with Gasteiger partial charge in [-0.15, -0.1) is 11.8 Å². The van der Waals surface area contributed by atoms with E-state index in [1.165, 1.54) is 21.9 Å². The number of hydrogen-bond donors (Lipinski definition) is 2. The zero-order valence-electron chi connectivity index (χ0n) is 38.6. The smallest absolute Gasteiger partial charge is 0.409 e. The van der Waals surface area contributed by atoms with Crippen LogP contribution in [0.4, 0.5) is 4.79 Å². The number of hydrazine groups is 1. The van der Waals surface area contributed by atoms with Crippen molar-refractivity contribution in [2.45, 2.75) is 111 Å². The van der Waals surface area contributed by atoms with Crippen molar-refractivity contribution < 1.29 is 38.4 Å². The lowest BCUT2D eigenvalue weighted by Crippen LogP contribution is -2.62. The van der Waals surface area contributed by atoms with Gasteiger partial charge in [0.1, 0.15) is 12.1 Å². The quantitative estimate of drug-likeness (QED) is 0.265. The number of aryl methyl sites for hydroxylation is 1. The van der Waals surface area contributed by atoms with Crippen LogP contribution in [0.15, 0.2) is 41.5 Å². The number of fused-ring (bicyclic) bond motifs is 5. The molecule has 6 atom stereocenters. The molecule has 2 aromatic heterocycles. The van der Waals surface area contributed by atoms with Crippen molar-refractivity contribution in [2.75, 3.05) is 53.3 Å². The van der Waals surface area contributed by atoms with E-state index in [0.717, 1.165) is 39.0 Å². The molecule has 18 heteroatoms. The lowest BCUT2D eigenvalue weighted by Gasteiger charge is -2.35. The molecule has 2 N–H and O–H groups in total. The Morgan fingerprint density at radius 2 is 1.92 bits per heavy atom. The Balaban J connectivity index is 1.25. The normalized spacial score (nSPS) is 23.6. The lowest BCUT2D eigenvalue weighted by atomic mass is 9.84. The molecule has 4 aliphatic heterocycles. The number of amides is 4. The van der Waals surface area contributed by atoms with Gasteiger partial charge in [-0.3, -0.25) is 29.4 Å². The number of ether oxygens (including phenoxy) is 2. The fourth-order valence-corrected chi connectivity index (χ4v) is 10.7. The van der Waals surface area contributed by atoms with Crippen molar-refractivity contribution >= 4 is 51.5 Å². The molecule has 1 aromatic carbocycles. The van der Waals surface area contributed by atoms with E-state index in [2.05, 4.69) is 60.3 Å². The number of benzene rings is 1. The molecule has 0 spiro atoms. The van der Waals surface area contributed by atoms with Crippen LogP contribution in [0.25, 0.3) is 22.2 Å². The molecule has 346 valence electrons. The van der Waals surface area contributed by atoms with Gasteiger partial charge < -0.3 is 29.2 Å². The first-order chi connectivity index (χ1) is 30.5. The van der Waals surface area contributed by atoms with Gasteiger partial charge >= 0.3 is 12.3 Å². The molecule has 17 nitrogen and oxygen atoms in total. The number of thioether (sulfide) groups is 1. The Kier molecular flexibility index (Phi) is 14.3. The maximum absolute atomic E-state index is 14.6. The number of pyridine rings is 1. The van der Waals surface area contributed by atoms with Gasteiger partial charge in [0.15, 0.2) is 6.61 Å². The fraction of sp³-hybridized carbons (Fsp3) is 0.609. The number of carbonyl (C=O) groups is 4. The highest BCUT2D eigenvalue weighted by Gasteiger charge is 2.43. The van der Waals surface area contributed by atoms with Crippen LogP contribution in [-0.2, 0) is 41.7 Å². The third-order valence-corrected chi connectivity index (χ3v) is 14.1. The number of likely N-dealkylation sites (N-methyl/N-ethyl adjacent to an activating group) is 1. The summed E-state index contributed by atoms with van der Waals surface area (Å²) >= 11 is 1.56. The van der Waals surface area contributed by atoms with Gasteiger partial charge in [-0.1, -0.05) is 33.8 Å². The number of likely N-dealkylation sites (tertiary alicyclic amines) is 1. The van der Waals surface area contributed by atoms with E-state index >= 15 is 0 Å². The molecular weight excluding hydrogens is 839 g/mol. The maximum Gasteiger partial charge on any atom is 0.409 e. The van der Waals surface area contributed by atoms with Crippen molar-refractivity contribution in [3.05, 3.63) is 58.3 Å². The van der Waals surface area contributed by atoms with Crippen molar-refractivity contribution in [1.29, 1.82) is 0 Å². The molecule has 6 bridgehead atoms. The second-order valence-corrected chi connectivity index (χ2v) is 19.6. The van der Waals surface area contributed by atoms with E-state index < -0.39 is 47.5 Å².